The summed E-state index contributed by atoms with van der Waals surface area (Å²) in [6, 6.07) is 6.77. The molecule has 9 rings (SSSR count). The maximum Gasteiger partial charge on any atom is 0.180 e. The predicted octanol–water partition coefficient (Wildman–Crippen LogP) is 4.87. The van der Waals surface area contributed by atoms with Crippen LogP contribution in [0.25, 0.3) is 33.8 Å². The van der Waals surface area contributed by atoms with Crippen LogP contribution in [0.3, 0.4) is 0 Å². The maximum atomic E-state index is 6.02. The molecule has 0 amide bonds. The summed E-state index contributed by atoms with van der Waals surface area (Å²) < 4.78 is 8.06. The van der Waals surface area contributed by atoms with Crippen molar-refractivity contribution in [1.29, 1.82) is 0 Å². The SMILES string of the molecule is Cn1cc(-c2cnc3c(NC4CCCC(Cn5cc(-c6cnc7c(NC8Cc9ccc(N)cc9C8)nccn67)cn5)C4)nccn23)cn1. The molecule has 3 unspecified atom stereocenters. The molecular weight excluding hydrogens is 602 g/mol. The van der Waals surface area contributed by atoms with E-state index in [1.54, 1.807) is 4.68 Å². The monoisotopic (exact) mass is 639 g/mol. The minimum atomic E-state index is 0.255. The molecule has 0 aliphatic heterocycles. The smallest absolute Gasteiger partial charge is 0.180 e. The van der Waals surface area contributed by atoms with Gasteiger partial charge in [0.1, 0.15) is 0 Å². The quantitative estimate of drug-likeness (QED) is 0.198. The number of nitrogens with zero attached hydrogens (tertiary/aromatic N) is 10. The summed E-state index contributed by atoms with van der Waals surface area (Å²) in [5.74, 6) is 2.11. The van der Waals surface area contributed by atoms with Crippen LogP contribution in [0.4, 0.5) is 17.3 Å². The number of rotatable bonds is 8. The predicted molar refractivity (Wildman–Crippen MR) is 184 cm³/mol. The minimum Gasteiger partial charge on any atom is -0.399 e. The molecule has 0 radical (unpaired) electrons. The highest BCUT2D eigenvalue weighted by atomic mass is 15.3. The van der Waals surface area contributed by atoms with Crippen LogP contribution in [-0.2, 0) is 26.4 Å². The zero-order valence-electron chi connectivity index (χ0n) is 26.7. The molecule has 48 heavy (non-hydrogen) atoms. The fourth-order valence-corrected chi connectivity index (χ4v) is 7.60. The van der Waals surface area contributed by atoms with E-state index in [0.717, 1.165) is 89.8 Å². The van der Waals surface area contributed by atoms with Gasteiger partial charge in [-0.05, 0) is 61.3 Å². The number of anilines is 3. The minimum absolute atomic E-state index is 0.255. The van der Waals surface area contributed by atoms with E-state index in [4.69, 9.17) is 20.8 Å². The van der Waals surface area contributed by atoms with Crippen molar-refractivity contribution in [2.45, 2.75) is 57.2 Å². The number of aryl methyl sites for hydroxylation is 1. The van der Waals surface area contributed by atoms with Crippen molar-refractivity contribution in [2.75, 3.05) is 16.4 Å². The second kappa shape index (κ2) is 11.5. The summed E-state index contributed by atoms with van der Waals surface area (Å²) in [5.41, 5.74) is 15.2. The molecule has 2 aliphatic rings. The van der Waals surface area contributed by atoms with Crippen molar-refractivity contribution in [3.63, 3.8) is 0 Å². The Hall–Kier alpha value is -5.72. The van der Waals surface area contributed by atoms with E-state index in [-0.39, 0.29) is 6.04 Å². The summed E-state index contributed by atoms with van der Waals surface area (Å²) in [5, 5.41) is 16.5. The summed E-state index contributed by atoms with van der Waals surface area (Å²) in [6.45, 7) is 0.863. The van der Waals surface area contributed by atoms with Crippen LogP contribution in [0, 0.1) is 5.92 Å². The first kappa shape index (κ1) is 28.5. The maximum absolute atomic E-state index is 6.02. The molecule has 242 valence electrons. The van der Waals surface area contributed by atoms with Gasteiger partial charge in [0.2, 0.25) is 0 Å². The van der Waals surface area contributed by atoms with Gasteiger partial charge in [0.25, 0.3) is 0 Å². The lowest BCUT2D eigenvalue weighted by Crippen LogP contribution is -2.30. The van der Waals surface area contributed by atoms with Gasteiger partial charge in [0.15, 0.2) is 22.9 Å². The Morgan fingerprint density at radius 1 is 0.771 bits per heavy atom. The standard InChI is InChI=1S/C35H37N13/c1-45-20-25(15-41-45)30-17-39-34-32(37-7-9-47(30)34)43-28-4-2-3-22(11-28)19-46-21-26(16-42-46)31-18-40-35-33(38-8-10-48(31)35)44-29-13-23-5-6-27(36)12-24(23)14-29/h5-10,12,15-18,20-22,28-29H,2-4,11,13-14,19,36H2,1H3,(H,37,43)(H,38,44). The number of hydrogen-bond donors (Lipinski definition) is 3. The van der Waals surface area contributed by atoms with E-state index in [9.17, 15) is 0 Å². The third-order valence-corrected chi connectivity index (χ3v) is 9.86. The van der Waals surface area contributed by atoms with Gasteiger partial charge in [0.05, 0.1) is 36.2 Å². The topological polar surface area (TPSA) is 146 Å². The third-order valence-electron chi connectivity index (χ3n) is 9.86. The fraction of sp³-hybridized carbons (Fsp3) is 0.314. The average molecular weight is 640 g/mol. The van der Waals surface area contributed by atoms with Gasteiger partial charge in [-0.3, -0.25) is 18.2 Å². The number of hydrogen-bond acceptors (Lipinski definition) is 9. The molecule has 2 aliphatic carbocycles. The van der Waals surface area contributed by atoms with Crippen molar-refractivity contribution >= 4 is 28.6 Å². The Morgan fingerprint density at radius 2 is 1.46 bits per heavy atom. The van der Waals surface area contributed by atoms with Gasteiger partial charge in [-0.1, -0.05) is 12.5 Å². The zero-order chi connectivity index (χ0) is 32.2. The fourth-order valence-electron chi connectivity index (χ4n) is 7.60. The van der Waals surface area contributed by atoms with Crippen LogP contribution in [-0.4, -0.2) is 60.4 Å². The van der Waals surface area contributed by atoms with Crippen LogP contribution >= 0.6 is 0 Å². The molecule has 1 fully saturated rings. The molecule has 0 saturated heterocycles. The number of nitrogen functional groups attached to an aromatic ring is 1. The van der Waals surface area contributed by atoms with Gasteiger partial charge in [-0.15, -0.1) is 0 Å². The van der Waals surface area contributed by atoms with E-state index in [2.05, 4.69) is 57.5 Å². The van der Waals surface area contributed by atoms with Gasteiger partial charge in [0, 0.05) is 79.7 Å². The molecule has 4 N–H and O–H groups in total. The van der Waals surface area contributed by atoms with E-state index in [0.29, 0.717) is 12.0 Å². The molecule has 13 heteroatoms. The molecule has 13 nitrogen and oxygen atoms in total. The number of benzene rings is 1. The van der Waals surface area contributed by atoms with E-state index < -0.39 is 0 Å². The highest BCUT2D eigenvalue weighted by Gasteiger charge is 2.25. The van der Waals surface area contributed by atoms with Crippen LogP contribution in [0.1, 0.15) is 36.8 Å². The Morgan fingerprint density at radius 3 is 2.19 bits per heavy atom. The van der Waals surface area contributed by atoms with Gasteiger partial charge < -0.3 is 16.4 Å². The summed E-state index contributed by atoms with van der Waals surface area (Å²) in [4.78, 5) is 18.8. The van der Waals surface area contributed by atoms with E-state index >= 15 is 0 Å². The van der Waals surface area contributed by atoms with Crippen LogP contribution in [0.2, 0.25) is 0 Å². The lowest BCUT2D eigenvalue weighted by atomic mass is 9.85. The van der Waals surface area contributed by atoms with Crippen LogP contribution in [0.15, 0.2) is 80.2 Å². The van der Waals surface area contributed by atoms with Crippen molar-refractivity contribution in [2.24, 2.45) is 13.0 Å². The number of imidazole rings is 2. The van der Waals surface area contributed by atoms with Gasteiger partial charge in [-0.25, -0.2) is 19.9 Å². The number of fused-ring (bicyclic) bond motifs is 3. The highest BCUT2D eigenvalue weighted by Crippen LogP contribution is 2.31. The lowest BCUT2D eigenvalue weighted by Gasteiger charge is -2.30. The number of aromatic nitrogens is 10. The Labute approximate surface area is 276 Å². The first-order valence-electron chi connectivity index (χ1n) is 16.6. The molecule has 0 bridgehead atoms. The number of nitrogens with two attached hydrogens (primary N) is 1. The normalized spacial score (nSPS) is 19.2. The molecule has 0 spiro atoms. The number of nitrogens with one attached hydrogen (secondary N) is 2. The van der Waals surface area contributed by atoms with Crippen molar-refractivity contribution < 1.29 is 0 Å². The van der Waals surface area contributed by atoms with Gasteiger partial charge in [-0.2, -0.15) is 10.2 Å². The molecule has 1 aromatic carbocycles. The second-order valence-electron chi connectivity index (χ2n) is 13.2. The van der Waals surface area contributed by atoms with E-state index in [1.165, 1.54) is 17.5 Å². The molecular formula is C35H37N13. The molecule has 3 atom stereocenters. The van der Waals surface area contributed by atoms with Gasteiger partial charge >= 0.3 is 0 Å². The largest absolute Gasteiger partial charge is 0.399 e. The average Bonchev–Trinajstić information content (AvgIpc) is 3.92. The first-order chi connectivity index (χ1) is 23.5. The molecule has 6 heterocycles. The van der Waals surface area contributed by atoms with Crippen LogP contribution in [0.5, 0.6) is 0 Å². The highest BCUT2D eigenvalue weighted by molar-refractivity contribution is 5.71. The van der Waals surface area contributed by atoms with Crippen molar-refractivity contribution in [1.82, 2.24) is 48.3 Å². The van der Waals surface area contributed by atoms with Crippen molar-refractivity contribution in [3.05, 3.63) is 91.3 Å². The molecule has 6 aromatic heterocycles. The Bertz CT molecular complexity index is 2260. The summed E-state index contributed by atoms with van der Waals surface area (Å²) in [6.07, 6.45) is 25.7. The van der Waals surface area contributed by atoms with Crippen LogP contribution < -0.4 is 16.4 Å². The summed E-state index contributed by atoms with van der Waals surface area (Å²) in [7, 11) is 1.92. The zero-order valence-corrected chi connectivity index (χ0v) is 26.7. The Balaban J connectivity index is 0.874. The third kappa shape index (κ3) is 5.20. The molecule has 1 saturated carbocycles. The Kier molecular flexibility index (Phi) is 6.83. The summed E-state index contributed by atoms with van der Waals surface area (Å²) >= 11 is 0. The first-order valence-corrected chi connectivity index (χ1v) is 16.6. The molecule has 7 aromatic rings. The lowest BCUT2D eigenvalue weighted by molar-refractivity contribution is 0.291. The van der Waals surface area contributed by atoms with Crippen molar-refractivity contribution in [3.8, 4) is 22.5 Å². The van der Waals surface area contributed by atoms with E-state index in [1.807, 2.05) is 68.9 Å². The second-order valence-corrected chi connectivity index (χ2v) is 13.2.